The quantitative estimate of drug-likeness (QED) is 0.169. The molecule has 214 valence electrons. The third-order valence-electron chi connectivity index (χ3n) is 7.24. The van der Waals surface area contributed by atoms with Crippen molar-refractivity contribution in [2.75, 3.05) is 0 Å². The Morgan fingerprint density at radius 3 is 1.56 bits per heavy atom. The molecule has 0 bridgehead atoms. The van der Waals surface area contributed by atoms with Gasteiger partial charge in [0.25, 0.3) is 22.2 Å². The fourth-order valence-corrected chi connectivity index (χ4v) is 5.00. The van der Waals surface area contributed by atoms with Crippen LogP contribution in [0, 0.1) is 13.8 Å². The summed E-state index contributed by atoms with van der Waals surface area (Å²) < 4.78 is 2.45. The van der Waals surface area contributed by atoms with Crippen LogP contribution in [0.3, 0.4) is 0 Å². The van der Waals surface area contributed by atoms with E-state index in [0.29, 0.717) is 22.5 Å². The Balaban J connectivity index is 1.42. The van der Waals surface area contributed by atoms with Crippen molar-refractivity contribution in [2.24, 2.45) is 0 Å². The van der Waals surface area contributed by atoms with E-state index in [1.54, 1.807) is 26.0 Å². The van der Waals surface area contributed by atoms with Gasteiger partial charge < -0.3 is 20.2 Å². The predicted molar refractivity (Wildman–Crippen MR) is 160 cm³/mol. The van der Waals surface area contributed by atoms with Gasteiger partial charge in [0.15, 0.2) is 0 Å². The van der Waals surface area contributed by atoms with Crippen molar-refractivity contribution in [3.8, 4) is 17.1 Å². The number of phenolic OH excluding ortho intramolecular Hbond substituents is 1. The topological polar surface area (TPSA) is 199 Å². The zero-order valence-corrected chi connectivity index (χ0v) is 22.6. The molecular formula is C30H22N6O7. The largest absolute Gasteiger partial charge is 0.508 e. The number of hydrogen-bond acceptors (Lipinski definition) is 6. The summed E-state index contributed by atoms with van der Waals surface area (Å²) in [5.74, 6) is -1.06. The number of carboxylic acids is 1. The molecule has 2 aromatic carbocycles. The van der Waals surface area contributed by atoms with Gasteiger partial charge in [-0.25, -0.2) is 14.2 Å². The fourth-order valence-electron chi connectivity index (χ4n) is 5.00. The first kappa shape index (κ1) is 26.9. The molecule has 0 saturated carbocycles. The van der Waals surface area contributed by atoms with Gasteiger partial charge in [-0.1, -0.05) is 0 Å². The molecular weight excluding hydrogens is 556 g/mol. The van der Waals surface area contributed by atoms with Crippen LogP contribution in [0.25, 0.3) is 45.6 Å². The van der Waals surface area contributed by atoms with E-state index in [-0.39, 0.29) is 44.5 Å². The average Bonchev–Trinajstić information content (AvgIpc) is 3.48. The van der Waals surface area contributed by atoms with E-state index in [9.17, 15) is 29.1 Å². The number of aromatic amines is 4. The van der Waals surface area contributed by atoms with Crippen molar-refractivity contribution in [3.63, 3.8) is 0 Å². The second-order valence-electron chi connectivity index (χ2n) is 9.81. The van der Waals surface area contributed by atoms with Gasteiger partial charge in [-0.05, 0) is 85.7 Å². The molecule has 0 spiro atoms. The van der Waals surface area contributed by atoms with Crippen molar-refractivity contribution in [1.29, 1.82) is 0 Å². The van der Waals surface area contributed by atoms with Crippen molar-refractivity contribution in [3.05, 3.63) is 123 Å². The van der Waals surface area contributed by atoms with Crippen LogP contribution in [-0.2, 0) is 0 Å². The second kappa shape index (κ2) is 9.94. The number of benzene rings is 2. The summed E-state index contributed by atoms with van der Waals surface area (Å²) in [4.78, 5) is 68.7. The molecule has 0 unspecified atom stereocenters. The number of aryl methyl sites for hydroxylation is 2. The summed E-state index contributed by atoms with van der Waals surface area (Å²) in [6.07, 6.45) is 2.70. The van der Waals surface area contributed by atoms with Crippen LogP contribution in [-0.4, -0.2) is 45.7 Å². The van der Waals surface area contributed by atoms with Crippen LogP contribution in [0.15, 0.2) is 73.4 Å². The molecule has 0 saturated heterocycles. The standard InChI is InChI=1S/C30H22N6O7/c1-14-20(26(38)31-24-22(14)28(40)35(33-24)17-8-6-16(7-9-17)30(42)43)4-3-5-21-15(2)23-25(32-27(21)39)34-36(29(23)41)18-10-12-19(37)13-11-18/h4-13,37H,1-2H3,(H,42,43)(H2,31,33,38)(H2,32,34,39). The van der Waals surface area contributed by atoms with E-state index in [1.165, 1.54) is 57.9 Å². The molecule has 0 aliphatic carbocycles. The van der Waals surface area contributed by atoms with Gasteiger partial charge in [-0.3, -0.25) is 29.4 Å². The summed E-state index contributed by atoms with van der Waals surface area (Å²) in [5, 5.41) is 24.9. The molecule has 13 nitrogen and oxygen atoms in total. The minimum absolute atomic E-state index is 0.0411. The molecule has 0 amide bonds. The smallest absolute Gasteiger partial charge is 0.335 e. The maximum Gasteiger partial charge on any atom is 0.335 e. The number of carboxylic acid groups (broad SMARTS) is 1. The number of nitrogens with one attached hydrogen (secondary N) is 4. The highest BCUT2D eigenvalue weighted by atomic mass is 16.4. The highest BCUT2D eigenvalue weighted by molar-refractivity contribution is 5.88. The van der Waals surface area contributed by atoms with E-state index in [1.807, 2.05) is 0 Å². The minimum Gasteiger partial charge on any atom is -0.508 e. The first-order valence-corrected chi connectivity index (χ1v) is 12.9. The third kappa shape index (κ3) is 4.42. The molecule has 6 N–H and O–H groups in total. The molecule has 0 atom stereocenters. The Bertz CT molecular complexity index is 2410. The average molecular weight is 579 g/mol. The van der Waals surface area contributed by atoms with Gasteiger partial charge in [-0.2, -0.15) is 0 Å². The normalized spacial score (nSPS) is 11.1. The van der Waals surface area contributed by atoms with E-state index >= 15 is 0 Å². The van der Waals surface area contributed by atoms with Crippen LogP contribution in [0.1, 0.15) is 32.6 Å². The summed E-state index contributed by atoms with van der Waals surface area (Å²) in [6, 6.07) is 11.6. The number of aromatic carboxylic acids is 1. The number of pyridine rings is 2. The summed E-state index contributed by atoms with van der Waals surface area (Å²) >= 11 is 0. The van der Waals surface area contributed by atoms with Gasteiger partial charge in [-0.15, -0.1) is 5.73 Å². The number of phenols is 1. The maximum absolute atomic E-state index is 13.3. The molecule has 6 aromatic rings. The third-order valence-corrected chi connectivity index (χ3v) is 7.24. The number of rotatable bonds is 5. The Kier molecular flexibility index (Phi) is 6.21. The lowest BCUT2D eigenvalue weighted by Gasteiger charge is -2.01. The van der Waals surface area contributed by atoms with Gasteiger partial charge in [0.1, 0.15) is 17.0 Å². The molecule has 0 aliphatic heterocycles. The van der Waals surface area contributed by atoms with Crippen molar-refractivity contribution in [1.82, 2.24) is 29.5 Å². The zero-order chi connectivity index (χ0) is 30.6. The lowest BCUT2D eigenvalue weighted by Crippen LogP contribution is -2.16. The van der Waals surface area contributed by atoms with Crippen LogP contribution in [0.5, 0.6) is 5.75 Å². The van der Waals surface area contributed by atoms with E-state index in [2.05, 4.69) is 25.9 Å². The van der Waals surface area contributed by atoms with Crippen molar-refractivity contribution < 1.29 is 15.0 Å². The minimum atomic E-state index is -1.10. The highest BCUT2D eigenvalue weighted by Crippen LogP contribution is 2.19. The van der Waals surface area contributed by atoms with Crippen LogP contribution < -0.4 is 22.2 Å². The van der Waals surface area contributed by atoms with Crippen molar-refractivity contribution >= 4 is 40.2 Å². The van der Waals surface area contributed by atoms with E-state index < -0.39 is 28.2 Å². The maximum atomic E-state index is 13.3. The molecule has 0 fully saturated rings. The number of carbonyl (C=O) groups is 1. The molecule has 4 aromatic heterocycles. The summed E-state index contributed by atoms with van der Waals surface area (Å²) in [5.41, 5.74) is 3.32. The van der Waals surface area contributed by atoms with E-state index in [4.69, 9.17) is 5.11 Å². The Morgan fingerprint density at radius 2 is 1.14 bits per heavy atom. The van der Waals surface area contributed by atoms with Gasteiger partial charge in [0.05, 0.1) is 38.8 Å². The molecule has 6 rings (SSSR count). The first-order valence-electron chi connectivity index (χ1n) is 12.9. The zero-order valence-electron chi connectivity index (χ0n) is 22.6. The van der Waals surface area contributed by atoms with Crippen LogP contribution in [0.4, 0.5) is 0 Å². The number of H-pyrrole nitrogens is 4. The predicted octanol–water partition coefficient (Wildman–Crippen LogP) is 2.67. The monoisotopic (exact) mass is 578 g/mol. The van der Waals surface area contributed by atoms with Gasteiger partial charge in [0, 0.05) is 0 Å². The first-order chi connectivity index (χ1) is 20.5. The summed E-state index contributed by atoms with van der Waals surface area (Å²) in [6.45, 7) is 3.23. The SMILES string of the molecule is Cc1c(C=C=Cc2c(C)c3c(=O)n(-c4ccc(C(=O)O)cc4)[nH]c3[nH]c2=O)c(=O)[nH]c2[nH]n(-c3ccc(O)cc3)c(=O)c12. The molecule has 13 heteroatoms. The molecule has 43 heavy (non-hydrogen) atoms. The number of aromatic hydroxyl groups is 1. The molecule has 0 aliphatic rings. The molecule has 4 heterocycles. The Labute approximate surface area is 239 Å². The van der Waals surface area contributed by atoms with Crippen LogP contribution >= 0.6 is 0 Å². The van der Waals surface area contributed by atoms with Gasteiger partial charge >= 0.3 is 5.97 Å². The Hall–Kier alpha value is -6.33. The highest BCUT2D eigenvalue weighted by Gasteiger charge is 2.17. The number of nitrogens with zero attached hydrogens (tertiary/aromatic N) is 2. The summed E-state index contributed by atoms with van der Waals surface area (Å²) in [7, 11) is 0. The fraction of sp³-hybridized carbons (Fsp3) is 0.0667. The van der Waals surface area contributed by atoms with E-state index in [0.717, 1.165) is 0 Å². The lowest BCUT2D eigenvalue weighted by molar-refractivity contribution is 0.0697. The number of hydrogen-bond donors (Lipinski definition) is 6. The van der Waals surface area contributed by atoms with Gasteiger partial charge in [0.2, 0.25) is 0 Å². The second-order valence-corrected chi connectivity index (χ2v) is 9.81. The Morgan fingerprint density at radius 1 is 0.721 bits per heavy atom. The van der Waals surface area contributed by atoms with Crippen molar-refractivity contribution in [2.45, 2.75) is 13.8 Å². The van der Waals surface area contributed by atoms with Crippen LogP contribution in [0.2, 0.25) is 0 Å². The number of fused-ring (bicyclic) bond motifs is 2. The molecule has 0 radical (unpaired) electrons. The number of aromatic nitrogens is 6. The lowest BCUT2D eigenvalue weighted by atomic mass is 10.1.